The molecule has 1 aliphatic carbocycles. The molecule has 3 aromatic carbocycles. The van der Waals surface area contributed by atoms with E-state index in [1.165, 1.54) is 12.1 Å². The molecule has 3 N–H and O–H groups in total. The molecule has 10 heteroatoms. The fourth-order valence-corrected chi connectivity index (χ4v) is 5.26. The Bertz CT molecular complexity index is 1420. The van der Waals surface area contributed by atoms with Gasteiger partial charge >= 0.3 is 7.12 Å². The highest BCUT2D eigenvalue weighted by atomic mass is 32.2. The van der Waals surface area contributed by atoms with E-state index in [1.54, 1.807) is 60.1 Å². The van der Waals surface area contributed by atoms with Crippen LogP contribution in [-0.4, -0.2) is 40.9 Å². The van der Waals surface area contributed by atoms with Gasteiger partial charge in [0.1, 0.15) is 23.4 Å². The first-order chi connectivity index (χ1) is 17.3. The number of carbonyl (C=O) groups excluding carboxylic acids is 1. The minimum absolute atomic E-state index is 0.246. The minimum Gasteiger partial charge on any atom is -0.593 e. The molecule has 7 nitrogen and oxygen atoms in total. The lowest BCUT2D eigenvalue weighted by Gasteiger charge is -2.26. The second-order valence-corrected chi connectivity index (χ2v) is 9.97. The van der Waals surface area contributed by atoms with Crippen LogP contribution in [0.2, 0.25) is 0 Å². The van der Waals surface area contributed by atoms with Crippen LogP contribution in [0.25, 0.3) is 22.3 Å². The van der Waals surface area contributed by atoms with Gasteiger partial charge in [-0.3, -0.25) is 4.79 Å². The molecule has 0 spiro atoms. The summed E-state index contributed by atoms with van der Waals surface area (Å²) in [6, 6.07) is 16.0. The van der Waals surface area contributed by atoms with Gasteiger partial charge in [-0.2, -0.15) is 4.31 Å². The lowest BCUT2D eigenvalue weighted by molar-refractivity contribution is 0.0964. The third-order valence-corrected chi connectivity index (χ3v) is 7.24. The second-order valence-electron chi connectivity index (χ2n) is 8.76. The Labute approximate surface area is 211 Å². The molecule has 184 valence electrons. The number of anilines is 2. The van der Waals surface area contributed by atoms with Crippen LogP contribution < -0.4 is 15.1 Å². The highest BCUT2D eigenvalue weighted by molar-refractivity contribution is 7.92. The van der Waals surface area contributed by atoms with E-state index in [-0.39, 0.29) is 11.8 Å². The standard InChI is InChI=1S/C26H24BFN2O5S/c1-29-26(31)24-21-13-20(15-3-4-15)22(14-23(21)35-25(24)16-5-9-18(28)10-6-16)30(36(2)34)19-11-7-17(8-12-19)27(32)33/h5-15,32-33H,3-4H2,1-2H3,(H,29,31). The number of halogens is 1. The molecule has 4 aromatic rings. The number of nitrogens with zero attached hydrogens (tertiary/aromatic N) is 1. The van der Waals surface area contributed by atoms with Gasteiger partial charge in [-0.05, 0) is 72.3 Å². The van der Waals surface area contributed by atoms with Gasteiger partial charge in [0.2, 0.25) is 0 Å². The average molecular weight is 506 g/mol. The summed E-state index contributed by atoms with van der Waals surface area (Å²) in [5.74, 6) is -0.142. The van der Waals surface area contributed by atoms with Crippen LogP contribution in [0.1, 0.15) is 34.7 Å². The van der Waals surface area contributed by atoms with E-state index in [0.29, 0.717) is 44.7 Å². The van der Waals surface area contributed by atoms with Crippen molar-refractivity contribution in [2.75, 3.05) is 17.6 Å². The molecule has 1 aliphatic rings. The maximum atomic E-state index is 13.6. The summed E-state index contributed by atoms with van der Waals surface area (Å²) in [5, 5.41) is 22.2. The number of amides is 1. The van der Waals surface area contributed by atoms with Crippen molar-refractivity contribution < 1.29 is 28.2 Å². The largest absolute Gasteiger partial charge is 0.593 e. The summed E-state index contributed by atoms with van der Waals surface area (Å²) in [7, 11) is -0.0603. The van der Waals surface area contributed by atoms with Crippen LogP contribution in [0.4, 0.5) is 15.8 Å². The molecule has 1 saturated carbocycles. The topological polar surface area (TPSA) is 109 Å². The zero-order chi connectivity index (χ0) is 25.6. The Morgan fingerprint density at radius 2 is 1.81 bits per heavy atom. The third kappa shape index (κ3) is 4.48. The van der Waals surface area contributed by atoms with Crippen LogP contribution in [0.5, 0.6) is 0 Å². The molecule has 0 saturated heterocycles. The van der Waals surface area contributed by atoms with Crippen molar-refractivity contribution in [3.05, 3.63) is 77.6 Å². The second kappa shape index (κ2) is 9.63. The summed E-state index contributed by atoms with van der Waals surface area (Å²) >= 11 is -1.47. The first-order valence-corrected chi connectivity index (χ1v) is 13.0. The monoisotopic (exact) mass is 506 g/mol. The van der Waals surface area contributed by atoms with Gasteiger partial charge < -0.3 is 24.3 Å². The van der Waals surface area contributed by atoms with Crippen molar-refractivity contribution in [2.24, 2.45) is 0 Å². The molecular formula is C26H24BFN2O5S. The van der Waals surface area contributed by atoms with Gasteiger partial charge in [-0.1, -0.05) is 12.1 Å². The number of nitrogens with one attached hydrogen (secondary N) is 1. The maximum absolute atomic E-state index is 13.6. The van der Waals surface area contributed by atoms with Gasteiger partial charge in [0.25, 0.3) is 5.91 Å². The Morgan fingerprint density at radius 3 is 2.36 bits per heavy atom. The predicted molar refractivity (Wildman–Crippen MR) is 139 cm³/mol. The molecule has 1 fully saturated rings. The highest BCUT2D eigenvalue weighted by Gasteiger charge is 2.34. The quantitative estimate of drug-likeness (QED) is 0.261. The van der Waals surface area contributed by atoms with Gasteiger partial charge in [0.05, 0.1) is 28.3 Å². The normalized spacial score (nSPS) is 14.1. The van der Waals surface area contributed by atoms with E-state index in [4.69, 9.17) is 4.42 Å². The minimum atomic E-state index is -1.60. The SMILES string of the molecule is CNC(=O)c1c(-c2ccc(F)cc2)oc2cc(N(c3ccc(B(O)O)cc3)[S+](C)[O-])c(C3CC3)cc12. The highest BCUT2D eigenvalue weighted by Crippen LogP contribution is 2.49. The third-order valence-electron chi connectivity index (χ3n) is 6.32. The van der Waals surface area contributed by atoms with Gasteiger partial charge in [0, 0.05) is 24.1 Å². The summed E-state index contributed by atoms with van der Waals surface area (Å²) in [6.45, 7) is 0. The smallest absolute Gasteiger partial charge is 0.488 e. The zero-order valence-corrected chi connectivity index (χ0v) is 20.5. The van der Waals surface area contributed by atoms with Gasteiger partial charge in [-0.25, -0.2) is 4.39 Å². The molecule has 1 amide bonds. The lowest BCUT2D eigenvalue weighted by atomic mass is 9.80. The molecule has 5 rings (SSSR count). The summed E-state index contributed by atoms with van der Waals surface area (Å²) < 4.78 is 34.4. The first-order valence-electron chi connectivity index (χ1n) is 11.5. The fourth-order valence-electron chi connectivity index (χ4n) is 4.41. The molecule has 0 radical (unpaired) electrons. The molecule has 1 unspecified atom stereocenters. The Kier molecular flexibility index (Phi) is 6.52. The molecule has 1 aromatic heterocycles. The van der Waals surface area contributed by atoms with Crippen LogP contribution in [0, 0.1) is 5.82 Å². The van der Waals surface area contributed by atoms with E-state index < -0.39 is 24.3 Å². The fraction of sp³-hybridized carbons (Fsp3) is 0.192. The van der Waals surface area contributed by atoms with Crippen molar-refractivity contribution in [1.29, 1.82) is 0 Å². The van der Waals surface area contributed by atoms with Crippen molar-refractivity contribution in [3.8, 4) is 11.3 Å². The molecule has 0 aliphatic heterocycles. The number of rotatable bonds is 7. The van der Waals surface area contributed by atoms with Crippen LogP contribution in [-0.2, 0) is 11.4 Å². The van der Waals surface area contributed by atoms with Gasteiger partial charge in [0.15, 0.2) is 0 Å². The Hall–Kier alpha value is -3.31. The molecule has 1 heterocycles. The molecular weight excluding hydrogens is 482 g/mol. The zero-order valence-electron chi connectivity index (χ0n) is 19.7. The van der Waals surface area contributed by atoms with Crippen LogP contribution >= 0.6 is 0 Å². The summed E-state index contributed by atoms with van der Waals surface area (Å²) in [4.78, 5) is 12.9. The van der Waals surface area contributed by atoms with Crippen molar-refractivity contribution in [1.82, 2.24) is 5.32 Å². The first kappa shape index (κ1) is 24.4. The molecule has 36 heavy (non-hydrogen) atoms. The lowest BCUT2D eigenvalue weighted by Crippen LogP contribution is -2.30. The number of fused-ring (bicyclic) bond motifs is 1. The number of hydrogen-bond donors (Lipinski definition) is 3. The average Bonchev–Trinajstić information content (AvgIpc) is 3.64. The Morgan fingerprint density at radius 1 is 1.14 bits per heavy atom. The maximum Gasteiger partial charge on any atom is 0.488 e. The van der Waals surface area contributed by atoms with Crippen LogP contribution in [0.3, 0.4) is 0 Å². The summed E-state index contributed by atoms with van der Waals surface area (Å²) in [6.07, 6.45) is 3.50. The van der Waals surface area contributed by atoms with Crippen molar-refractivity contribution >= 4 is 52.2 Å². The van der Waals surface area contributed by atoms with Crippen molar-refractivity contribution in [3.63, 3.8) is 0 Å². The van der Waals surface area contributed by atoms with Crippen LogP contribution in [0.15, 0.2) is 65.1 Å². The van der Waals surface area contributed by atoms with Gasteiger partial charge in [-0.15, -0.1) is 0 Å². The van der Waals surface area contributed by atoms with E-state index in [2.05, 4.69) is 5.32 Å². The van der Waals surface area contributed by atoms with E-state index >= 15 is 0 Å². The number of hydrogen-bond acceptors (Lipinski definition) is 6. The van der Waals surface area contributed by atoms with E-state index in [1.807, 2.05) is 6.07 Å². The molecule has 0 bridgehead atoms. The number of furan rings is 1. The number of carbonyl (C=O) groups is 1. The summed E-state index contributed by atoms with van der Waals surface area (Å²) in [5.41, 5.74) is 3.92. The van der Waals surface area contributed by atoms with E-state index in [0.717, 1.165) is 18.4 Å². The van der Waals surface area contributed by atoms with E-state index in [9.17, 15) is 23.8 Å². The predicted octanol–water partition coefficient (Wildman–Crippen LogP) is 3.59. The molecule has 1 atom stereocenters. The Balaban J connectivity index is 1.72. The van der Waals surface area contributed by atoms with Crippen molar-refractivity contribution in [2.45, 2.75) is 18.8 Å². The number of benzene rings is 3.